The lowest BCUT2D eigenvalue weighted by atomic mass is 9.66. The fourth-order valence-corrected chi connectivity index (χ4v) is 5.65. The summed E-state index contributed by atoms with van der Waals surface area (Å²) >= 11 is 10.0. The molecule has 0 N–H and O–H groups in total. The molecule has 0 amide bonds. The van der Waals surface area contributed by atoms with Gasteiger partial charge in [0.1, 0.15) is 23.5 Å². The minimum atomic E-state index is -1.33. The normalized spacial score (nSPS) is 25.7. The molecular weight excluding hydrogens is 492 g/mol. The van der Waals surface area contributed by atoms with Gasteiger partial charge < -0.3 is 23.7 Å². The molecule has 2 aromatic carbocycles. The number of halogens is 2. The van der Waals surface area contributed by atoms with E-state index < -0.39 is 35.5 Å². The summed E-state index contributed by atoms with van der Waals surface area (Å²) in [4.78, 5) is 25.9. The van der Waals surface area contributed by atoms with Gasteiger partial charge in [-0.1, -0.05) is 23.7 Å². The molecule has 0 radical (unpaired) electrons. The summed E-state index contributed by atoms with van der Waals surface area (Å²) in [7, 11) is 5.59. The van der Waals surface area contributed by atoms with Crippen LogP contribution in [0.15, 0.2) is 34.8 Å². The molecule has 2 aliphatic heterocycles. The van der Waals surface area contributed by atoms with Crippen LogP contribution < -0.4 is 9.47 Å². The SMILES string of the molecule is COC(=O)C1C(C(=O)OC)[C@@]2(c3cc(Br)c(OC)c(OC)c3)O[C@@H]1c1c(Cl)cccc12. The van der Waals surface area contributed by atoms with Gasteiger partial charge in [0.25, 0.3) is 0 Å². The van der Waals surface area contributed by atoms with Crippen molar-refractivity contribution in [2.75, 3.05) is 28.4 Å². The molecule has 0 aromatic heterocycles. The van der Waals surface area contributed by atoms with Crippen LogP contribution in [0.3, 0.4) is 0 Å². The fourth-order valence-electron chi connectivity index (χ4n) is 4.76. The second-order valence-electron chi connectivity index (χ2n) is 7.22. The molecule has 0 aliphatic carbocycles. The monoisotopic (exact) mass is 510 g/mol. The Morgan fingerprint density at radius 3 is 2.39 bits per heavy atom. The number of ether oxygens (including phenoxy) is 5. The molecule has 0 spiro atoms. The first kappa shape index (κ1) is 21.9. The third-order valence-electron chi connectivity index (χ3n) is 5.96. The Kier molecular flexibility index (Phi) is 5.66. The average Bonchev–Trinajstić information content (AvgIpc) is 3.31. The van der Waals surface area contributed by atoms with Crippen LogP contribution in [0.2, 0.25) is 5.02 Å². The molecule has 2 unspecified atom stereocenters. The van der Waals surface area contributed by atoms with E-state index in [1.807, 2.05) is 6.07 Å². The fraction of sp³-hybridized carbons (Fsp3) is 0.364. The van der Waals surface area contributed by atoms with E-state index in [9.17, 15) is 9.59 Å². The minimum absolute atomic E-state index is 0.432. The number of esters is 2. The molecule has 1 fully saturated rings. The highest BCUT2D eigenvalue weighted by Gasteiger charge is 2.69. The smallest absolute Gasteiger partial charge is 0.313 e. The summed E-state index contributed by atoms with van der Waals surface area (Å²) in [6.45, 7) is 0. The summed E-state index contributed by atoms with van der Waals surface area (Å²) in [5.41, 5.74) is 0.606. The van der Waals surface area contributed by atoms with Crippen molar-refractivity contribution in [3.8, 4) is 11.5 Å². The van der Waals surface area contributed by atoms with E-state index in [2.05, 4.69) is 15.9 Å². The lowest BCUT2D eigenvalue weighted by Gasteiger charge is -2.36. The second kappa shape index (κ2) is 8.00. The summed E-state index contributed by atoms with van der Waals surface area (Å²) < 4.78 is 28.2. The molecule has 31 heavy (non-hydrogen) atoms. The van der Waals surface area contributed by atoms with E-state index in [1.54, 1.807) is 24.3 Å². The zero-order valence-electron chi connectivity index (χ0n) is 17.2. The average molecular weight is 512 g/mol. The Morgan fingerprint density at radius 1 is 1.06 bits per heavy atom. The van der Waals surface area contributed by atoms with Crippen molar-refractivity contribution in [3.05, 3.63) is 56.5 Å². The van der Waals surface area contributed by atoms with Crippen LogP contribution >= 0.6 is 27.5 Å². The van der Waals surface area contributed by atoms with Crippen molar-refractivity contribution in [2.24, 2.45) is 11.8 Å². The van der Waals surface area contributed by atoms with Gasteiger partial charge in [-0.3, -0.25) is 9.59 Å². The largest absolute Gasteiger partial charge is 0.493 e. The number of rotatable bonds is 5. The number of carbonyl (C=O) groups excluding carboxylic acids is 2. The molecule has 4 rings (SSSR count). The second-order valence-corrected chi connectivity index (χ2v) is 8.48. The maximum atomic E-state index is 13.1. The zero-order valence-corrected chi connectivity index (χ0v) is 19.6. The number of benzene rings is 2. The molecule has 2 aliphatic rings. The highest BCUT2D eigenvalue weighted by Crippen LogP contribution is 2.65. The molecule has 164 valence electrons. The number of hydrogen-bond donors (Lipinski definition) is 0. The molecule has 4 atom stereocenters. The summed E-state index contributed by atoms with van der Waals surface area (Å²) in [5.74, 6) is -2.17. The molecular formula is C22H20BrClO7. The zero-order chi connectivity index (χ0) is 22.5. The van der Waals surface area contributed by atoms with Crippen molar-refractivity contribution in [3.63, 3.8) is 0 Å². The van der Waals surface area contributed by atoms with E-state index in [-0.39, 0.29) is 0 Å². The Balaban J connectivity index is 2.06. The van der Waals surface area contributed by atoms with Gasteiger partial charge in [0.05, 0.1) is 32.9 Å². The van der Waals surface area contributed by atoms with Gasteiger partial charge in [-0.25, -0.2) is 0 Å². The van der Waals surface area contributed by atoms with E-state index in [4.69, 9.17) is 35.3 Å². The predicted molar refractivity (Wildman–Crippen MR) is 114 cm³/mol. The van der Waals surface area contributed by atoms with E-state index in [0.717, 1.165) is 0 Å². The Morgan fingerprint density at radius 2 is 1.77 bits per heavy atom. The van der Waals surface area contributed by atoms with Gasteiger partial charge in [0.15, 0.2) is 11.5 Å². The first-order chi connectivity index (χ1) is 14.8. The van der Waals surface area contributed by atoms with Gasteiger partial charge >= 0.3 is 11.9 Å². The molecule has 2 heterocycles. The Hall–Kier alpha value is -2.29. The number of hydrogen-bond acceptors (Lipinski definition) is 7. The predicted octanol–water partition coefficient (Wildman–Crippen LogP) is 4.03. The maximum absolute atomic E-state index is 13.1. The van der Waals surface area contributed by atoms with Crippen LogP contribution in [-0.2, 0) is 29.4 Å². The van der Waals surface area contributed by atoms with Gasteiger partial charge in [-0.2, -0.15) is 0 Å². The van der Waals surface area contributed by atoms with Crippen molar-refractivity contribution >= 4 is 39.5 Å². The van der Waals surface area contributed by atoms with E-state index >= 15 is 0 Å². The number of carbonyl (C=O) groups is 2. The van der Waals surface area contributed by atoms with Gasteiger partial charge in [-0.15, -0.1) is 0 Å². The van der Waals surface area contributed by atoms with Crippen LogP contribution in [0.4, 0.5) is 0 Å². The molecule has 2 aromatic rings. The number of methoxy groups -OCH3 is 4. The van der Waals surface area contributed by atoms with Crippen molar-refractivity contribution in [1.82, 2.24) is 0 Å². The highest BCUT2D eigenvalue weighted by molar-refractivity contribution is 9.10. The molecule has 2 bridgehead atoms. The van der Waals surface area contributed by atoms with Crippen molar-refractivity contribution in [2.45, 2.75) is 11.7 Å². The maximum Gasteiger partial charge on any atom is 0.313 e. The quantitative estimate of drug-likeness (QED) is 0.561. The summed E-state index contributed by atoms with van der Waals surface area (Å²) in [6, 6.07) is 8.86. The van der Waals surface area contributed by atoms with Crippen LogP contribution in [-0.4, -0.2) is 40.4 Å². The van der Waals surface area contributed by atoms with Crippen molar-refractivity contribution < 1.29 is 33.3 Å². The van der Waals surface area contributed by atoms with Crippen molar-refractivity contribution in [1.29, 1.82) is 0 Å². The third kappa shape index (κ3) is 2.96. The van der Waals surface area contributed by atoms with Crippen LogP contribution in [0.1, 0.15) is 22.8 Å². The molecule has 1 saturated heterocycles. The van der Waals surface area contributed by atoms with Gasteiger partial charge in [-0.05, 0) is 45.3 Å². The Labute approximate surface area is 192 Å². The molecule has 7 nitrogen and oxygen atoms in total. The minimum Gasteiger partial charge on any atom is -0.493 e. The molecule has 9 heteroatoms. The van der Waals surface area contributed by atoms with Gasteiger partial charge in [0.2, 0.25) is 0 Å². The van der Waals surface area contributed by atoms with Crippen LogP contribution in [0.5, 0.6) is 11.5 Å². The first-order valence-electron chi connectivity index (χ1n) is 9.40. The van der Waals surface area contributed by atoms with E-state index in [0.29, 0.717) is 37.7 Å². The topological polar surface area (TPSA) is 80.3 Å². The summed E-state index contributed by atoms with van der Waals surface area (Å²) in [5, 5.41) is 0.445. The Bertz CT molecular complexity index is 1070. The van der Waals surface area contributed by atoms with E-state index in [1.165, 1.54) is 28.4 Å². The van der Waals surface area contributed by atoms with Crippen LogP contribution in [0, 0.1) is 11.8 Å². The summed E-state index contributed by atoms with van der Waals surface area (Å²) in [6.07, 6.45) is -0.771. The van der Waals surface area contributed by atoms with Gasteiger partial charge in [0, 0.05) is 10.6 Å². The highest BCUT2D eigenvalue weighted by atomic mass is 79.9. The first-order valence-corrected chi connectivity index (χ1v) is 10.6. The lowest BCUT2D eigenvalue weighted by molar-refractivity contribution is -0.158. The standard InChI is InChI=1S/C22H20BrClO7/c1-27-14-9-10(8-12(23)18(14)28-2)22-11-6-5-7-13(24)15(11)19(31-22)16(20(25)29-3)17(22)21(26)30-4/h5-9,16-17,19H,1-4H3/t16?,17?,19-,22+/m1/s1. The number of fused-ring (bicyclic) bond motifs is 5. The third-order valence-corrected chi connectivity index (χ3v) is 6.88. The lowest BCUT2D eigenvalue weighted by Crippen LogP contribution is -2.45. The molecule has 0 saturated carbocycles. The van der Waals surface area contributed by atoms with Crippen LogP contribution in [0.25, 0.3) is 0 Å².